The highest BCUT2D eigenvalue weighted by atomic mass is 16.2. The van der Waals surface area contributed by atoms with Crippen molar-refractivity contribution < 1.29 is 9.59 Å². The second-order valence-corrected chi connectivity index (χ2v) is 5.37. The predicted octanol–water partition coefficient (Wildman–Crippen LogP) is 1.26. The lowest BCUT2D eigenvalue weighted by Gasteiger charge is -2.30. The number of hydrogen-bond acceptors (Lipinski definition) is 6. The van der Waals surface area contributed by atoms with Gasteiger partial charge in [0.1, 0.15) is 0 Å². The van der Waals surface area contributed by atoms with Crippen molar-refractivity contribution in [2.45, 2.75) is 6.92 Å². The van der Waals surface area contributed by atoms with E-state index in [1.165, 1.54) is 10.0 Å². The molecular weight excluding hydrogens is 332 g/mol. The van der Waals surface area contributed by atoms with Crippen molar-refractivity contribution in [1.82, 2.24) is 5.32 Å². The third kappa shape index (κ3) is 3.39. The summed E-state index contributed by atoms with van der Waals surface area (Å²) in [5.74, 6) is -1.22. The first-order valence-corrected chi connectivity index (χ1v) is 8.07. The first kappa shape index (κ1) is 17.2. The molecular formula is C18H18N6O2. The Labute approximate surface area is 150 Å². The minimum Gasteiger partial charge on any atom is -0.363 e. The zero-order chi connectivity index (χ0) is 18.5. The van der Waals surface area contributed by atoms with E-state index in [0.717, 1.165) is 0 Å². The molecule has 132 valence electrons. The van der Waals surface area contributed by atoms with Crippen LogP contribution in [0.4, 0.5) is 11.4 Å². The lowest BCUT2D eigenvalue weighted by Crippen LogP contribution is -2.50. The van der Waals surface area contributed by atoms with Crippen molar-refractivity contribution in [3.63, 3.8) is 0 Å². The number of hydrazone groups is 2. The van der Waals surface area contributed by atoms with Crippen molar-refractivity contribution >= 4 is 34.9 Å². The number of amides is 2. The quantitative estimate of drug-likeness (QED) is 0.847. The van der Waals surface area contributed by atoms with Gasteiger partial charge in [-0.1, -0.05) is 36.4 Å². The molecule has 0 radical (unpaired) electrons. The summed E-state index contributed by atoms with van der Waals surface area (Å²) in [6, 6.07) is 17.9. The van der Waals surface area contributed by atoms with Crippen molar-refractivity contribution in [2.75, 3.05) is 16.6 Å². The molecule has 2 amide bonds. The molecule has 0 fully saturated rings. The highest BCUT2D eigenvalue weighted by Crippen LogP contribution is 2.23. The molecule has 2 aromatic carbocycles. The zero-order valence-electron chi connectivity index (χ0n) is 14.2. The average Bonchev–Trinajstić information content (AvgIpc) is 2.68. The molecule has 0 spiro atoms. The van der Waals surface area contributed by atoms with Gasteiger partial charge in [0.25, 0.3) is 11.8 Å². The van der Waals surface area contributed by atoms with Gasteiger partial charge in [-0.05, 0) is 31.2 Å². The highest BCUT2D eigenvalue weighted by Gasteiger charge is 2.32. The molecule has 0 saturated heterocycles. The van der Waals surface area contributed by atoms with E-state index in [9.17, 15) is 9.59 Å². The molecule has 26 heavy (non-hydrogen) atoms. The summed E-state index contributed by atoms with van der Waals surface area (Å²) in [7, 11) is 0. The van der Waals surface area contributed by atoms with Crippen LogP contribution >= 0.6 is 0 Å². The molecule has 1 aliphatic heterocycles. The number of likely N-dealkylation sites (N-methyl/N-ethyl adjacent to an activating group) is 1. The summed E-state index contributed by atoms with van der Waals surface area (Å²) < 4.78 is 0. The van der Waals surface area contributed by atoms with Gasteiger partial charge in [-0.2, -0.15) is 0 Å². The van der Waals surface area contributed by atoms with E-state index < -0.39 is 11.8 Å². The maximum absolute atomic E-state index is 12.5. The van der Waals surface area contributed by atoms with Gasteiger partial charge >= 0.3 is 0 Å². The number of anilines is 2. The Morgan fingerprint density at radius 1 is 0.885 bits per heavy atom. The topological polar surface area (TPSA) is 103 Å². The highest BCUT2D eigenvalue weighted by molar-refractivity contribution is 6.48. The van der Waals surface area contributed by atoms with E-state index in [-0.39, 0.29) is 11.7 Å². The first-order valence-electron chi connectivity index (χ1n) is 8.07. The normalized spacial score (nSPS) is 13.7. The molecule has 1 heterocycles. The third-order valence-electron chi connectivity index (χ3n) is 3.55. The minimum absolute atomic E-state index is 0.0342. The van der Waals surface area contributed by atoms with Crippen LogP contribution in [-0.2, 0) is 9.59 Å². The molecule has 0 bridgehead atoms. The van der Waals surface area contributed by atoms with Crippen LogP contribution in [0.1, 0.15) is 6.92 Å². The van der Waals surface area contributed by atoms with E-state index in [4.69, 9.17) is 5.73 Å². The van der Waals surface area contributed by atoms with E-state index in [2.05, 4.69) is 15.5 Å². The number of amidine groups is 2. The molecule has 0 saturated carbocycles. The minimum atomic E-state index is -0.756. The Morgan fingerprint density at radius 2 is 1.35 bits per heavy atom. The van der Waals surface area contributed by atoms with E-state index in [0.29, 0.717) is 17.9 Å². The van der Waals surface area contributed by atoms with E-state index >= 15 is 0 Å². The standard InChI is InChI=1S/C18H18N6O2/c1-2-20-18(26)17-22-23(13-9-5-3-6-10-13)16(15(19)25)21-24(17)14-11-7-4-8-12-14/h3-12H,2H2,1H3,(H2,19,25)(H,20,26). The third-order valence-corrected chi connectivity index (χ3v) is 3.55. The zero-order valence-corrected chi connectivity index (χ0v) is 14.2. The van der Waals surface area contributed by atoms with Crippen molar-refractivity contribution in [3.05, 3.63) is 60.7 Å². The second-order valence-electron chi connectivity index (χ2n) is 5.37. The average molecular weight is 350 g/mol. The number of nitrogens with one attached hydrogen (secondary N) is 1. The number of carbonyl (C=O) groups excluding carboxylic acids is 2. The molecule has 0 atom stereocenters. The Balaban J connectivity index is 2.12. The van der Waals surface area contributed by atoms with Gasteiger partial charge in [0.05, 0.1) is 11.4 Å². The lowest BCUT2D eigenvalue weighted by molar-refractivity contribution is -0.115. The number of primary amides is 1. The van der Waals surface area contributed by atoms with Crippen molar-refractivity contribution in [1.29, 1.82) is 0 Å². The molecule has 2 aromatic rings. The summed E-state index contributed by atoms with van der Waals surface area (Å²) in [6.07, 6.45) is 0. The summed E-state index contributed by atoms with van der Waals surface area (Å²) in [4.78, 5) is 24.5. The molecule has 0 aliphatic carbocycles. The second kappa shape index (κ2) is 7.47. The summed E-state index contributed by atoms with van der Waals surface area (Å²) >= 11 is 0. The Bertz CT molecular complexity index is 864. The number of benzene rings is 2. The predicted molar refractivity (Wildman–Crippen MR) is 101 cm³/mol. The smallest absolute Gasteiger partial charge is 0.290 e. The summed E-state index contributed by atoms with van der Waals surface area (Å²) in [6.45, 7) is 2.24. The van der Waals surface area contributed by atoms with Crippen molar-refractivity contribution in [3.8, 4) is 0 Å². The number of rotatable bonds is 5. The Hall–Kier alpha value is -3.68. The van der Waals surface area contributed by atoms with E-state index in [1.807, 2.05) is 12.1 Å². The van der Waals surface area contributed by atoms with Crippen LogP contribution in [0.5, 0.6) is 0 Å². The van der Waals surface area contributed by atoms with Crippen LogP contribution in [0.25, 0.3) is 0 Å². The van der Waals surface area contributed by atoms with Gasteiger partial charge in [0.2, 0.25) is 11.7 Å². The number of para-hydroxylation sites is 2. The van der Waals surface area contributed by atoms with Gasteiger partial charge < -0.3 is 11.1 Å². The number of nitrogens with zero attached hydrogens (tertiary/aromatic N) is 4. The van der Waals surface area contributed by atoms with Gasteiger partial charge in [-0.25, -0.2) is 10.0 Å². The molecule has 8 heteroatoms. The maximum atomic E-state index is 12.5. The van der Waals surface area contributed by atoms with Crippen LogP contribution in [0.2, 0.25) is 0 Å². The van der Waals surface area contributed by atoms with Gasteiger partial charge in [0, 0.05) is 6.54 Å². The molecule has 3 N–H and O–H groups in total. The molecule has 8 nitrogen and oxygen atoms in total. The van der Waals surface area contributed by atoms with Crippen LogP contribution in [-0.4, -0.2) is 30.0 Å². The molecule has 0 unspecified atom stereocenters. The fraction of sp³-hybridized carbons (Fsp3) is 0.111. The fourth-order valence-electron chi connectivity index (χ4n) is 2.40. The molecule has 1 aliphatic rings. The lowest BCUT2D eigenvalue weighted by atomic mass is 10.3. The van der Waals surface area contributed by atoms with Gasteiger partial charge in [-0.15, -0.1) is 10.2 Å². The number of nitrogens with two attached hydrogens (primary N) is 1. The van der Waals surface area contributed by atoms with Gasteiger partial charge in [-0.3, -0.25) is 9.59 Å². The van der Waals surface area contributed by atoms with Crippen LogP contribution in [0.15, 0.2) is 70.9 Å². The van der Waals surface area contributed by atoms with Crippen LogP contribution < -0.4 is 21.1 Å². The molecule has 3 rings (SSSR count). The first-order chi connectivity index (χ1) is 12.6. The number of hydrogen-bond donors (Lipinski definition) is 2. The van der Waals surface area contributed by atoms with Crippen LogP contribution in [0.3, 0.4) is 0 Å². The summed E-state index contributed by atoms with van der Waals surface area (Å²) in [5, 5.41) is 14.0. The SMILES string of the molecule is CCNC(=O)C1=NN(c2ccccc2)C(C(N)=O)=NN1c1ccccc1. The van der Waals surface area contributed by atoms with Crippen molar-refractivity contribution in [2.24, 2.45) is 15.9 Å². The largest absolute Gasteiger partial charge is 0.363 e. The fourth-order valence-corrected chi connectivity index (χ4v) is 2.40. The summed E-state index contributed by atoms with van der Waals surface area (Å²) in [5.41, 5.74) is 6.66. The van der Waals surface area contributed by atoms with E-state index in [1.54, 1.807) is 55.5 Å². The Kier molecular flexibility index (Phi) is 4.93. The van der Waals surface area contributed by atoms with Gasteiger partial charge in [0.15, 0.2) is 0 Å². The molecule has 0 aromatic heterocycles. The van der Waals surface area contributed by atoms with Crippen LogP contribution in [0, 0.1) is 0 Å². The number of carbonyl (C=O) groups is 2. The maximum Gasteiger partial charge on any atom is 0.290 e. The monoisotopic (exact) mass is 350 g/mol. The Morgan fingerprint density at radius 3 is 1.81 bits per heavy atom.